The van der Waals surface area contributed by atoms with E-state index in [-0.39, 0.29) is 24.1 Å². The van der Waals surface area contributed by atoms with Crippen molar-refractivity contribution in [3.8, 4) is 0 Å². The lowest BCUT2D eigenvalue weighted by atomic mass is 10.1. The molecule has 0 bridgehead atoms. The number of nitrogens with zero attached hydrogens (tertiary/aromatic N) is 4. The number of amides is 2. The Morgan fingerprint density at radius 2 is 1.89 bits per heavy atom. The summed E-state index contributed by atoms with van der Waals surface area (Å²) in [7, 11) is 0. The summed E-state index contributed by atoms with van der Waals surface area (Å²) in [6, 6.07) is 4.37. The Morgan fingerprint density at radius 1 is 1.11 bits per heavy atom. The standard InChI is InChI=1S/C21H23ClN4O2/c22-20-19(23-17-4-3-13(10-26(17)20)12-1-2-12)21(28)24-5-6-25(18(27)11-24)16-8-14-7-15(14)9-16/h3-4,10,12,14-16H,1-2,5-9,11H2. The predicted octanol–water partition coefficient (Wildman–Crippen LogP) is 2.95. The van der Waals surface area contributed by atoms with Gasteiger partial charge in [-0.05, 0) is 61.5 Å². The highest BCUT2D eigenvalue weighted by Crippen LogP contribution is 2.53. The lowest BCUT2D eigenvalue weighted by Crippen LogP contribution is -2.55. The Hall–Kier alpha value is -2.08. The first-order valence-corrected chi connectivity index (χ1v) is 10.7. The van der Waals surface area contributed by atoms with Gasteiger partial charge in [0.2, 0.25) is 5.91 Å². The van der Waals surface area contributed by atoms with Gasteiger partial charge in [0, 0.05) is 25.3 Å². The summed E-state index contributed by atoms with van der Waals surface area (Å²) in [4.78, 5) is 33.8. The molecule has 0 N–H and O–H groups in total. The minimum Gasteiger partial charge on any atom is -0.336 e. The van der Waals surface area contributed by atoms with Crippen LogP contribution in [0.5, 0.6) is 0 Å². The highest BCUT2D eigenvalue weighted by molar-refractivity contribution is 6.33. The summed E-state index contributed by atoms with van der Waals surface area (Å²) in [6.07, 6.45) is 8.04. The van der Waals surface area contributed by atoms with Gasteiger partial charge in [0.25, 0.3) is 5.91 Å². The number of fused-ring (bicyclic) bond motifs is 2. The van der Waals surface area contributed by atoms with Crippen LogP contribution in [0.4, 0.5) is 0 Å². The number of imidazole rings is 1. The van der Waals surface area contributed by atoms with Gasteiger partial charge in [-0.1, -0.05) is 17.7 Å². The fourth-order valence-electron chi connectivity index (χ4n) is 5.16. The van der Waals surface area contributed by atoms with E-state index in [1.165, 1.54) is 24.8 Å². The molecule has 3 saturated carbocycles. The maximum Gasteiger partial charge on any atom is 0.276 e. The molecule has 2 aromatic rings. The van der Waals surface area contributed by atoms with E-state index in [1.54, 1.807) is 9.30 Å². The van der Waals surface area contributed by atoms with Gasteiger partial charge in [-0.15, -0.1) is 0 Å². The van der Waals surface area contributed by atoms with Crippen molar-refractivity contribution >= 4 is 29.1 Å². The molecule has 1 saturated heterocycles. The molecule has 7 heteroatoms. The van der Waals surface area contributed by atoms with Gasteiger partial charge in [0.1, 0.15) is 17.3 Å². The summed E-state index contributed by atoms with van der Waals surface area (Å²) in [5.41, 5.74) is 2.16. The maximum atomic E-state index is 13.0. The molecule has 0 radical (unpaired) electrons. The zero-order valence-electron chi connectivity index (χ0n) is 15.7. The molecule has 2 aromatic heterocycles. The number of pyridine rings is 1. The van der Waals surface area contributed by atoms with Gasteiger partial charge in [-0.25, -0.2) is 4.98 Å². The lowest BCUT2D eigenvalue weighted by molar-refractivity contribution is -0.137. The summed E-state index contributed by atoms with van der Waals surface area (Å²) in [5.74, 6) is 2.10. The average Bonchev–Trinajstić information content (AvgIpc) is 3.62. The molecule has 146 valence electrons. The summed E-state index contributed by atoms with van der Waals surface area (Å²) >= 11 is 6.52. The first kappa shape index (κ1) is 16.8. The van der Waals surface area contributed by atoms with Gasteiger partial charge in [0.15, 0.2) is 5.69 Å². The average molecular weight is 399 g/mol. The first-order chi connectivity index (χ1) is 13.6. The van der Waals surface area contributed by atoms with Crippen LogP contribution in [0.2, 0.25) is 5.15 Å². The molecular weight excluding hydrogens is 376 g/mol. The van der Waals surface area contributed by atoms with Crippen LogP contribution in [0, 0.1) is 11.8 Å². The van der Waals surface area contributed by atoms with E-state index in [9.17, 15) is 9.59 Å². The molecule has 0 spiro atoms. The van der Waals surface area contributed by atoms with E-state index in [0.29, 0.717) is 35.8 Å². The maximum absolute atomic E-state index is 13.0. The minimum absolute atomic E-state index is 0.0572. The molecule has 2 unspecified atom stereocenters. The van der Waals surface area contributed by atoms with Crippen molar-refractivity contribution < 1.29 is 9.59 Å². The summed E-state index contributed by atoms with van der Waals surface area (Å²) in [6.45, 7) is 1.29. The third kappa shape index (κ3) is 2.65. The van der Waals surface area contributed by atoms with Gasteiger partial charge < -0.3 is 9.80 Å². The van der Waals surface area contributed by atoms with Crippen molar-refractivity contribution in [2.24, 2.45) is 11.8 Å². The molecule has 6 rings (SSSR count). The van der Waals surface area contributed by atoms with Crippen molar-refractivity contribution in [2.75, 3.05) is 19.6 Å². The van der Waals surface area contributed by atoms with Crippen molar-refractivity contribution in [3.63, 3.8) is 0 Å². The van der Waals surface area contributed by atoms with Crippen molar-refractivity contribution in [3.05, 3.63) is 34.7 Å². The quantitative estimate of drug-likeness (QED) is 0.798. The second kappa shape index (κ2) is 5.96. The minimum atomic E-state index is -0.246. The number of piperazine rings is 1. The predicted molar refractivity (Wildman–Crippen MR) is 104 cm³/mol. The van der Waals surface area contributed by atoms with Gasteiger partial charge in [-0.2, -0.15) is 0 Å². The second-order valence-corrected chi connectivity index (χ2v) is 9.27. The molecule has 2 amide bonds. The SMILES string of the molecule is O=C(c1nc2ccc(C3CC3)cn2c1Cl)N1CCN(C2CC3CC3C2)C(=O)C1. The zero-order valence-corrected chi connectivity index (χ0v) is 16.4. The Labute approximate surface area is 168 Å². The Morgan fingerprint density at radius 3 is 2.61 bits per heavy atom. The summed E-state index contributed by atoms with van der Waals surface area (Å²) < 4.78 is 1.80. The Kier molecular flexibility index (Phi) is 3.58. The number of aromatic nitrogens is 2. The van der Waals surface area contributed by atoms with Crippen LogP contribution < -0.4 is 0 Å². The molecule has 1 aliphatic heterocycles. The van der Waals surface area contributed by atoms with Crippen molar-refractivity contribution in [1.82, 2.24) is 19.2 Å². The molecule has 28 heavy (non-hydrogen) atoms. The lowest BCUT2D eigenvalue weighted by Gasteiger charge is -2.38. The van der Waals surface area contributed by atoms with Crippen LogP contribution in [-0.2, 0) is 4.79 Å². The van der Waals surface area contributed by atoms with Crippen LogP contribution in [0.25, 0.3) is 5.65 Å². The van der Waals surface area contributed by atoms with E-state index >= 15 is 0 Å². The van der Waals surface area contributed by atoms with E-state index in [1.807, 2.05) is 17.2 Å². The molecular formula is C21H23ClN4O2. The highest BCUT2D eigenvalue weighted by atomic mass is 35.5. The number of carbonyl (C=O) groups is 2. The van der Waals surface area contributed by atoms with Gasteiger partial charge in [-0.3, -0.25) is 14.0 Å². The second-order valence-electron chi connectivity index (χ2n) is 8.91. The fraction of sp³-hybridized carbons (Fsp3) is 0.571. The van der Waals surface area contributed by atoms with Crippen LogP contribution in [0.3, 0.4) is 0 Å². The summed E-state index contributed by atoms with van der Waals surface area (Å²) in [5, 5.41) is 0.341. The Balaban J connectivity index is 1.21. The topological polar surface area (TPSA) is 57.9 Å². The first-order valence-electron chi connectivity index (χ1n) is 10.3. The smallest absolute Gasteiger partial charge is 0.276 e. The van der Waals surface area contributed by atoms with E-state index in [0.717, 1.165) is 24.7 Å². The van der Waals surface area contributed by atoms with Crippen LogP contribution in [0.1, 0.15) is 54.1 Å². The van der Waals surface area contributed by atoms with Crippen LogP contribution in [0.15, 0.2) is 18.3 Å². The normalized spacial score (nSPS) is 29.5. The number of rotatable bonds is 3. The van der Waals surface area contributed by atoms with Gasteiger partial charge >= 0.3 is 0 Å². The molecule has 3 heterocycles. The van der Waals surface area contributed by atoms with Crippen LogP contribution in [-0.4, -0.2) is 56.7 Å². The highest BCUT2D eigenvalue weighted by Gasteiger charge is 2.49. The largest absolute Gasteiger partial charge is 0.336 e. The number of hydrogen-bond acceptors (Lipinski definition) is 3. The molecule has 4 fully saturated rings. The van der Waals surface area contributed by atoms with Crippen LogP contribution >= 0.6 is 11.6 Å². The Bertz CT molecular complexity index is 988. The number of carbonyl (C=O) groups excluding carboxylic acids is 2. The molecule has 6 nitrogen and oxygen atoms in total. The third-order valence-corrected chi connectivity index (χ3v) is 7.40. The van der Waals surface area contributed by atoms with Crippen molar-refractivity contribution in [2.45, 2.75) is 44.1 Å². The molecule has 2 atom stereocenters. The van der Waals surface area contributed by atoms with E-state index in [4.69, 9.17) is 11.6 Å². The molecule has 3 aliphatic carbocycles. The molecule has 4 aliphatic rings. The zero-order chi connectivity index (χ0) is 19.0. The number of hydrogen-bond donors (Lipinski definition) is 0. The monoisotopic (exact) mass is 398 g/mol. The van der Waals surface area contributed by atoms with Gasteiger partial charge in [0.05, 0.1) is 0 Å². The van der Waals surface area contributed by atoms with E-state index < -0.39 is 0 Å². The number of halogens is 1. The fourth-order valence-corrected chi connectivity index (χ4v) is 5.42. The third-order valence-electron chi connectivity index (χ3n) is 7.04. The molecule has 0 aromatic carbocycles. The van der Waals surface area contributed by atoms with Crippen molar-refractivity contribution in [1.29, 1.82) is 0 Å². The van der Waals surface area contributed by atoms with E-state index in [2.05, 4.69) is 11.1 Å².